The molecule has 1 fully saturated rings. The fraction of sp³-hybridized carbons (Fsp3) is 0.562. The number of carbonyl (C=O) groups is 1. The molecule has 2 rings (SSSR count). The second-order valence-corrected chi connectivity index (χ2v) is 5.80. The van der Waals surface area contributed by atoms with Gasteiger partial charge in [-0.3, -0.25) is 4.79 Å². The number of benzene rings is 1. The molecule has 3 heteroatoms. The topological polar surface area (TPSA) is 46.3 Å². The van der Waals surface area contributed by atoms with Gasteiger partial charge in [0, 0.05) is 18.6 Å². The van der Waals surface area contributed by atoms with Crippen LogP contribution in [-0.2, 0) is 4.79 Å². The molecule has 0 aliphatic carbocycles. The molecule has 3 unspecified atom stereocenters. The number of nitrogens with two attached hydrogens (primary N) is 1. The SMILES string of the molecule is Cc1cccc(C(C)C(=O)N2CCC(N)CC2C)c1. The molecule has 19 heavy (non-hydrogen) atoms. The van der Waals surface area contributed by atoms with Gasteiger partial charge < -0.3 is 10.6 Å². The first-order chi connectivity index (χ1) is 8.99. The number of hydrogen-bond donors (Lipinski definition) is 1. The molecule has 3 atom stereocenters. The van der Waals surface area contributed by atoms with Gasteiger partial charge in [-0.1, -0.05) is 29.8 Å². The molecule has 104 valence electrons. The number of nitrogens with zero attached hydrogens (tertiary/aromatic N) is 1. The lowest BCUT2D eigenvalue weighted by Crippen LogP contribution is -2.49. The molecule has 1 aromatic carbocycles. The summed E-state index contributed by atoms with van der Waals surface area (Å²) in [4.78, 5) is 14.6. The highest BCUT2D eigenvalue weighted by molar-refractivity contribution is 5.83. The zero-order valence-corrected chi connectivity index (χ0v) is 12.1. The Balaban J connectivity index is 2.11. The molecule has 1 saturated heterocycles. The van der Waals surface area contributed by atoms with Crippen LogP contribution in [0.25, 0.3) is 0 Å². The molecule has 1 aliphatic rings. The van der Waals surface area contributed by atoms with Crippen molar-refractivity contribution in [1.82, 2.24) is 4.90 Å². The first-order valence-electron chi connectivity index (χ1n) is 7.11. The molecule has 0 radical (unpaired) electrons. The maximum Gasteiger partial charge on any atom is 0.230 e. The van der Waals surface area contributed by atoms with Gasteiger partial charge in [-0.05, 0) is 39.2 Å². The Morgan fingerprint density at radius 2 is 2.21 bits per heavy atom. The average molecular weight is 260 g/mol. The van der Waals surface area contributed by atoms with Crippen molar-refractivity contribution in [1.29, 1.82) is 0 Å². The van der Waals surface area contributed by atoms with Gasteiger partial charge in [-0.2, -0.15) is 0 Å². The highest BCUT2D eigenvalue weighted by Gasteiger charge is 2.30. The molecule has 0 saturated carbocycles. The molecular formula is C16H24N2O. The van der Waals surface area contributed by atoms with E-state index in [1.165, 1.54) is 5.56 Å². The van der Waals surface area contributed by atoms with E-state index in [2.05, 4.69) is 26.0 Å². The van der Waals surface area contributed by atoms with Gasteiger partial charge in [0.15, 0.2) is 0 Å². The number of likely N-dealkylation sites (tertiary alicyclic amines) is 1. The van der Waals surface area contributed by atoms with Gasteiger partial charge in [0.1, 0.15) is 0 Å². The number of piperidine rings is 1. The van der Waals surface area contributed by atoms with Crippen molar-refractivity contribution in [3.8, 4) is 0 Å². The highest BCUT2D eigenvalue weighted by Crippen LogP contribution is 2.24. The van der Waals surface area contributed by atoms with Crippen molar-refractivity contribution < 1.29 is 4.79 Å². The van der Waals surface area contributed by atoms with E-state index in [1.54, 1.807) is 0 Å². The molecule has 1 aliphatic heterocycles. The molecule has 0 aromatic heterocycles. The van der Waals surface area contributed by atoms with Gasteiger partial charge in [-0.25, -0.2) is 0 Å². The van der Waals surface area contributed by atoms with Gasteiger partial charge in [0.25, 0.3) is 0 Å². The third kappa shape index (κ3) is 3.16. The number of hydrogen-bond acceptors (Lipinski definition) is 2. The summed E-state index contributed by atoms with van der Waals surface area (Å²) in [6, 6.07) is 8.71. The number of rotatable bonds is 2. The first kappa shape index (κ1) is 14.1. The van der Waals surface area contributed by atoms with Crippen molar-refractivity contribution in [3.63, 3.8) is 0 Å². The largest absolute Gasteiger partial charge is 0.339 e. The summed E-state index contributed by atoms with van der Waals surface area (Å²) in [7, 11) is 0. The Labute approximate surface area is 115 Å². The molecule has 0 bridgehead atoms. The molecule has 1 aromatic rings. The molecule has 3 nitrogen and oxygen atoms in total. The standard InChI is InChI=1S/C16H24N2O/c1-11-5-4-6-14(9-11)13(3)16(19)18-8-7-15(17)10-12(18)2/h4-6,9,12-13,15H,7-8,10,17H2,1-3H3. The van der Waals surface area contributed by atoms with Crippen molar-refractivity contribution in [3.05, 3.63) is 35.4 Å². The van der Waals surface area contributed by atoms with Crippen LogP contribution in [0.15, 0.2) is 24.3 Å². The van der Waals surface area contributed by atoms with Crippen LogP contribution in [0.2, 0.25) is 0 Å². The predicted octanol–water partition coefficient (Wildman–Crippen LogP) is 2.44. The zero-order valence-electron chi connectivity index (χ0n) is 12.1. The van der Waals surface area contributed by atoms with Crippen molar-refractivity contribution in [2.24, 2.45) is 5.73 Å². The number of amides is 1. The van der Waals surface area contributed by atoms with Crippen LogP contribution in [0.4, 0.5) is 0 Å². The van der Waals surface area contributed by atoms with E-state index in [-0.39, 0.29) is 23.9 Å². The van der Waals surface area contributed by atoms with Crippen LogP contribution in [0, 0.1) is 6.92 Å². The minimum Gasteiger partial charge on any atom is -0.339 e. The van der Waals surface area contributed by atoms with Crippen LogP contribution < -0.4 is 5.73 Å². The van der Waals surface area contributed by atoms with Gasteiger partial charge in [-0.15, -0.1) is 0 Å². The summed E-state index contributed by atoms with van der Waals surface area (Å²) in [5.41, 5.74) is 8.26. The quantitative estimate of drug-likeness (QED) is 0.887. The molecular weight excluding hydrogens is 236 g/mol. The van der Waals surface area contributed by atoms with E-state index in [1.807, 2.05) is 24.0 Å². The predicted molar refractivity (Wildman–Crippen MR) is 78.0 cm³/mol. The lowest BCUT2D eigenvalue weighted by Gasteiger charge is -2.38. The summed E-state index contributed by atoms with van der Waals surface area (Å²) in [5.74, 6) is 0.154. The Bertz CT molecular complexity index is 458. The highest BCUT2D eigenvalue weighted by atomic mass is 16.2. The summed E-state index contributed by atoms with van der Waals surface area (Å²) >= 11 is 0. The van der Waals surface area contributed by atoms with E-state index in [0.717, 1.165) is 24.9 Å². The minimum absolute atomic E-state index is 0.0725. The molecule has 1 amide bonds. The van der Waals surface area contributed by atoms with Crippen LogP contribution in [0.1, 0.15) is 43.7 Å². The molecule has 2 N–H and O–H groups in total. The van der Waals surface area contributed by atoms with Gasteiger partial charge >= 0.3 is 0 Å². The van der Waals surface area contributed by atoms with Crippen molar-refractivity contribution in [2.75, 3.05) is 6.54 Å². The summed E-state index contributed by atoms with van der Waals surface area (Å²) in [6.45, 7) is 6.94. The molecule has 1 heterocycles. The first-order valence-corrected chi connectivity index (χ1v) is 7.11. The molecule has 0 spiro atoms. The number of aryl methyl sites for hydroxylation is 1. The zero-order chi connectivity index (χ0) is 14.0. The lowest BCUT2D eigenvalue weighted by molar-refractivity contribution is -0.135. The Morgan fingerprint density at radius 3 is 2.84 bits per heavy atom. The van der Waals surface area contributed by atoms with Gasteiger partial charge in [0.05, 0.1) is 5.92 Å². The summed E-state index contributed by atoms with van der Waals surface area (Å²) < 4.78 is 0. The fourth-order valence-corrected chi connectivity index (χ4v) is 2.87. The second kappa shape index (κ2) is 5.74. The maximum absolute atomic E-state index is 12.6. The van der Waals surface area contributed by atoms with Crippen LogP contribution in [-0.4, -0.2) is 29.4 Å². The third-order valence-corrected chi connectivity index (χ3v) is 4.11. The fourth-order valence-electron chi connectivity index (χ4n) is 2.87. The van der Waals surface area contributed by atoms with Gasteiger partial charge in [0.2, 0.25) is 5.91 Å². The van der Waals surface area contributed by atoms with Crippen LogP contribution in [0.3, 0.4) is 0 Å². The van der Waals surface area contributed by atoms with Crippen LogP contribution in [0.5, 0.6) is 0 Å². The van der Waals surface area contributed by atoms with E-state index in [0.29, 0.717) is 0 Å². The maximum atomic E-state index is 12.6. The minimum atomic E-state index is -0.0725. The lowest BCUT2D eigenvalue weighted by atomic mass is 9.94. The smallest absolute Gasteiger partial charge is 0.230 e. The van der Waals surface area contributed by atoms with Crippen molar-refractivity contribution >= 4 is 5.91 Å². The third-order valence-electron chi connectivity index (χ3n) is 4.11. The summed E-state index contributed by atoms with van der Waals surface area (Å²) in [6.07, 6.45) is 1.82. The summed E-state index contributed by atoms with van der Waals surface area (Å²) in [5, 5.41) is 0. The Morgan fingerprint density at radius 1 is 1.47 bits per heavy atom. The van der Waals surface area contributed by atoms with E-state index < -0.39 is 0 Å². The Hall–Kier alpha value is -1.35. The van der Waals surface area contributed by atoms with E-state index in [4.69, 9.17) is 5.73 Å². The van der Waals surface area contributed by atoms with Crippen LogP contribution >= 0.6 is 0 Å². The van der Waals surface area contributed by atoms with E-state index in [9.17, 15) is 4.79 Å². The van der Waals surface area contributed by atoms with E-state index >= 15 is 0 Å². The van der Waals surface area contributed by atoms with Crippen molar-refractivity contribution in [2.45, 2.75) is 51.6 Å². The second-order valence-electron chi connectivity index (χ2n) is 5.80. The average Bonchev–Trinajstić information content (AvgIpc) is 2.37. The Kier molecular flexibility index (Phi) is 4.25. The normalized spacial score (nSPS) is 25.2. The number of carbonyl (C=O) groups excluding carboxylic acids is 1. The monoisotopic (exact) mass is 260 g/mol.